The van der Waals surface area contributed by atoms with Gasteiger partial charge in [0.25, 0.3) is 0 Å². The van der Waals surface area contributed by atoms with Gasteiger partial charge in [-0.15, -0.1) is 0 Å². The Labute approximate surface area is 84.2 Å². The Balaban J connectivity index is 3.22. The molecule has 0 atom stereocenters. The SMILES string of the molecule is Cc1cc(C)c(NS(C)(=O)=O)c(N)c1. The van der Waals surface area contributed by atoms with Crippen molar-refractivity contribution in [3.63, 3.8) is 0 Å². The van der Waals surface area contributed by atoms with E-state index in [2.05, 4.69) is 4.72 Å². The van der Waals surface area contributed by atoms with Crippen LogP contribution in [0.4, 0.5) is 11.4 Å². The van der Waals surface area contributed by atoms with Crippen LogP contribution in [0.3, 0.4) is 0 Å². The number of anilines is 2. The molecule has 0 aliphatic rings. The maximum atomic E-state index is 11.0. The van der Waals surface area contributed by atoms with Crippen LogP contribution in [0.25, 0.3) is 0 Å². The Morgan fingerprint density at radius 3 is 2.29 bits per heavy atom. The lowest BCUT2D eigenvalue weighted by molar-refractivity contribution is 0.607. The first-order valence-corrected chi connectivity index (χ1v) is 6.03. The highest BCUT2D eigenvalue weighted by Gasteiger charge is 2.08. The molecule has 0 aromatic heterocycles. The highest BCUT2D eigenvalue weighted by Crippen LogP contribution is 2.25. The molecule has 0 aliphatic heterocycles. The fourth-order valence-corrected chi connectivity index (χ4v) is 1.97. The molecule has 3 N–H and O–H groups in total. The summed E-state index contributed by atoms with van der Waals surface area (Å²) in [4.78, 5) is 0. The molecular formula is C9H14N2O2S. The maximum Gasteiger partial charge on any atom is 0.229 e. The average Bonchev–Trinajstić information content (AvgIpc) is 1.95. The number of nitrogen functional groups attached to an aromatic ring is 1. The molecule has 78 valence electrons. The van der Waals surface area contributed by atoms with Crippen LogP contribution in [-0.2, 0) is 10.0 Å². The van der Waals surface area contributed by atoms with E-state index in [-0.39, 0.29) is 0 Å². The Morgan fingerprint density at radius 1 is 1.29 bits per heavy atom. The van der Waals surface area contributed by atoms with E-state index in [0.717, 1.165) is 17.4 Å². The van der Waals surface area contributed by atoms with E-state index in [1.807, 2.05) is 19.9 Å². The molecule has 0 saturated heterocycles. The average molecular weight is 214 g/mol. The minimum atomic E-state index is -3.27. The van der Waals surface area contributed by atoms with Gasteiger partial charge in [-0.05, 0) is 31.0 Å². The second-order valence-corrected chi connectivity index (χ2v) is 5.17. The molecular weight excluding hydrogens is 200 g/mol. The van der Waals surface area contributed by atoms with Gasteiger partial charge in [0, 0.05) is 0 Å². The Hall–Kier alpha value is -1.23. The molecule has 14 heavy (non-hydrogen) atoms. The molecule has 0 heterocycles. The van der Waals surface area contributed by atoms with Gasteiger partial charge in [-0.1, -0.05) is 6.07 Å². The number of nitrogens with one attached hydrogen (secondary N) is 1. The Bertz CT molecular complexity index is 429. The molecule has 4 nitrogen and oxygen atoms in total. The molecule has 0 spiro atoms. The predicted molar refractivity (Wildman–Crippen MR) is 58.8 cm³/mol. The molecule has 0 aliphatic carbocycles. The van der Waals surface area contributed by atoms with Crippen LogP contribution in [0.2, 0.25) is 0 Å². The van der Waals surface area contributed by atoms with E-state index >= 15 is 0 Å². The first-order chi connectivity index (χ1) is 6.29. The highest BCUT2D eigenvalue weighted by atomic mass is 32.2. The van der Waals surface area contributed by atoms with Gasteiger partial charge in [-0.3, -0.25) is 4.72 Å². The lowest BCUT2D eigenvalue weighted by Gasteiger charge is -2.11. The van der Waals surface area contributed by atoms with Crippen LogP contribution in [0.15, 0.2) is 12.1 Å². The molecule has 5 heteroatoms. The summed E-state index contributed by atoms with van der Waals surface area (Å²) in [5.74, 6) is 0. The Morgan fingerprint density at radius 2 is 1.86 bits per heavy atom. The quantitative estimate of drug-likeness (QED) is 0.728. The van der Waals surface area contributed by atoms with Crippen molar-refractivity contribution in [2.45, 2.75) is 13.8 Å². The zero-order chi connectivity index (χ0) is 10.9. The van der Waals surface area contributed by atoms with Crippen LogP contribution in [0.5, 0.6) is 0 Å². The van der Waals surface area contributed by atoms with Gasteiger partial charge in [0.15, 0.2) is 0 Å². The molecule has 1 rings (SSSR count). The van der Waals surface area contributed by atoms with E-state index in [4.69, 9.17) is 5.73 Å². The smallest absolute Gasteiger partial charge is 0.229 e. The van der Waals surface area contributed by atoms with Crippen molar-refractivity contribution in [1.29, 1.82) is 0 Å². The van der Waals surface area contributed by atoms with Crippen molar-refractivity contribution in [1.82, 2.24) is 0 Å². The van der Waals surface area contributed by atoms with Gasteiger partial charge in [-0.2, -0.15) is 0 Å². The van der Waals surface area contributed by atoms with E-state index in [9.17, 15) is 8.42 Å². The fraction of sp³-hybridized carbons (Fsp3) is 0.333. The van der Waals surface area contributed by atoms with E-state index in [1.165, 1.54) is 0 Å². The lowest BCUT2D eigenvalue weighted by Crippen LogP contribution is -2.12. The molecule has 0 saturated carbocycles. The van der Waals surface area contributed by atoms with Crippen molar-refractivity contribution >= 4 is 21.4 Å². The number of nitrogens with two attached hydrogens (primary N) is 1. The maximum absolute atomic E-state index is 11.0. The fourth-order valence-electron chi connectivity index (χ4n) is 1.33. The summed E-state index contributed by atoms with van der Waals surface area (Å²) in [5, 5.41) is 0. The zero-order valence-corrected chi connectivity index (χ0v) is 9.27. The van der Waals surface area contributed by atoms with Crippen LogP contribution in [0, 0.1) is 13.8 Å². The van der Waals surface area contributed by atoms with Crippen molar-refractivity contribution in [2.24, 2.45) is 0 Å². The van der Waals surface area contributed by atoms with Crippen molar-refractivity contribution in [3.8, 4) is 0 Å². The summed E-state index contributed by atoms with van der Waals surface area (Å²) < 4.78 is 24.4. The highest BCUT2D eigenvalue weighted by molar-refractivity contribution is 7.92. The summed E-state index contributed by atoms with van der Waals surface area (Å²) in [5.41, 5.74) is 8.46. The number of rotatable bonds is 2. The van der Waals surface area contributed by atoms with Crippen LogP contribution in [0.1, 0.15) is 11.1 Å². The monoisotopic (exact) mass is 214 g/mol. The Kier molecular flexibility index (Phi) is 2.71. The van der Waals surface area contributed by atoms with Gasteiger partial charge in [0.2, 0.25) is 10.0 Å². The van der Waals surface area contributed by atoms with Crippen LogP contribution < -0.4 is 10.5 Å². The van der Waals surface area contributed by atoms with E-state index in [1.54, 1.807) is 6.07 Å². The summed E-state index contributed by atoms with van der Waals surface area (Å²) >= 11 is 0. The summed E-state index contributed by atoms with van der Waals surface area (Å²) in [7, 11) is -3.27. The van der Waals surface area contributed by atoms with Gasteiger partial charge >= 0.3 is 0 Å². The number of hydrogen-bond donors (Lipinski definition) is 2. The number of benzene rings is 1. The second-order valence-electron chi connectivity index (χ2n) is 3.42. The van der Waals surface area contributed by atoms with Crippen LogP contribution in [-0.4, -0.2) is 14.7 Å². The minimum Gasteiger partial charge on any atom is -0.397 e. The van der Waals surface area contributed by atoms with Gasteiger partial charge in [0.1, 0.15) is 0 Å². The van der Waals surface area contributed by atoms with E-state index in [0.29, 0.717) is 11.4 Å². The first kappa shape index (κ1) is 10.8. The zero-order valence-electron chi connectivity index (χ0n) is 8.46. The number of hydrogen-bond acceptors (Lipinski definition) is 3. The standard InChI is InChI=1S/C9H14N2O2S/c1-6-4-7(2)9(8(10)5-6)11-14(3,12)13/h4-5,11H,10H2,1-3H3. The summed E-state index contributed by atoms with van der Waals surface area (Å²) in [6.45, 7) is 3.73. The molecule has 0 fully saturated rings. The molecule has 0 radical (unpaired) electrons. The molecule has 1 aromatic rings. The predicted octanol–water partition coefficient (Wildman–Crippen LogP) is 1.26. The van der Waals surface area contributed by atoms with Gasteiger partial charge < -0.3 is 5.73 Å². The molecule has 0 unspecified atom stereocenters. The third kappa shape index (κ3) is 2.63. The first-order valence-electron chi connectivity index (χ1n) is 4.14. The molecule has 0 amide bonds. The second kappa shape index (κ2) is 3.49. The van der Waals surface area contributed by atoms with E-state index < -0.39 is 10.0 Å². The minimum absolute atomic E-state index is 0.452. The van der Waals surface area contributed by atoms with Crippen molar-refractivity contribution in [3.05, 3.63) is 23.3 Å². The van der Waals surface area contributed by atoms with Crippen LogP contribution >= 0.6 is 0 Å². The summed E-state index contributed by atoms with van der Waals surface area (Å²) in [6.07, 6.45) is 1.10. The topological polar surface area (TPSA) is 72.2 Å². The van der Waals surface area contributed by atoms with Gasteiger partial charge in [0.05, 0.1) is 17.6 Å². The summed E-state index contributed by atoms with van der Waals surface area (Å²) in [6, 6.07) is 3.62. The third-order valence-electron chi connectivity index (χ3n) is 1.80. The lowest BCUT2D eigenvalue weighted by atomic mass is 10.1. The van der Waals surface area contributed by atoms with Crippen molar-refractivity contribution in [2.75, 3.05) is 16.7 Å². The normalized spacial score (nSPS) is 11.4. The molecule has 1 aromatic carbocycles. The number of aryl methyl sites for hydroxylation is 2. The van der Waals surface area contributed by atoms with Crippen molar-refractivity contribution < 1.29 is 8.42 Å². The number of sulfonamides is 1. The van der Waals surface area contributed by atoms with Gasteiger partial charge in [-0.25, -0.2) is 8.42 Å². The molecule has 0 bridgehead atoms. The largest absolute Gasteiger partial charge is 0.397 e. The third-order valence-corrected chi connectivity index (χ3v) is 2.37.